The zero-order valence-electron chi connectivity index (χ0n) is 10.9. The standard InChI is InChI=1S/C17H11Br2FO/c18-10-13-8-15(20)4-6-17(13)21-16-5-2-11-7-14(19)3-1-12(11)9-16/h1-9H,10H2. The van der Waals surface area contributed by atoms with Crippen molar-refractivity contribution in [1.29, 1.82) is 0 Å². The maximum Gasteiger partial charge on any atom is 0.131 e. The van der Waals surface area contributed by atoms with Crippen LogP contribution in [0.3, 0.4) is 0 Å². The molecule has 0 atom stereocenters. The van der Waals surface area contributed by atoms with Gasteiger partial charge in [-0.1, -0.05) is 44.0 Å². The molecule has 1 nitrogen and oxygen atoms in total. The van der Waals surface area contributed by atoms with Crippen molar-refractivity contribution in [3.63, 3.8) is 0 Å². The highest BCUT2D eigenvalue weighted by molar-refractivity contribution is 9.10. The van der Waals surface area contributed by atoms with Crippen molar-refractivity contribution in [2.75, 3.05) is 0 Å². The van der Waals surface area contributed by atoms with E-state index in [0.717, 1.165) is 26.6 Å². The molecule has 0 N–H and O–H groups in total. The van der Waals surface area contributed by atoms with Gasteiger partial charge in [0, 0.05) is 15.4 Å². The lowest BCUT2D eigenvalue weighted by Gasteiger charge is -2.10. The van der Waals surface area contributed by atoms with Gasteiger partial charge in [-0.2, -0.15) is 0 Å². The Bertz CT molecular complexity index is 802. The summed E-state index contributed by atoms with van der Waals surface area (Å²) in [7, 11) is 0. The second-order valence-corrected chi connectivity index (χ2v) is 6.12. The van der Waals surface area contributed by atoms with Crippen LogP contribution in [0.2, 0.25) is 0 Å². The van der Waals surface area contributed by atoms with Gasteiger partial charge >= 0.3 is 0 Å². The molecule has 0 aromatic heterocycles. The molecule has 0 aliphatic rings. The molecule has 4 heteroatoms. The molecular formula is C17H11Br2FO. The zero-order valence-corrected chi connectivity index (χ0v) is 14.1. The number of hydrogen-bond acceptors (Lipinski definition) is 1. The first-order valence-electron chi connectivity index (χ1n) is 6.37. The minimum atomic E-state index is -0.264. The van der Waals surface area contributed by atoms with Gasteiger partial charge in [-0.05, 0) is 53.2 Å². The SMILES string of the molecule is Fc1ccc(Oc2ccc3cc(Br)ccc3c2)c(CBr)c1. The molecule has 106 valence electrons. The Balaban J connectivity index is 1.96. The Kier molecular flexibility index (Phi) is 4.27. The first-order valence-corrected chi connectivity index (χ1v) is 8.29. The molecule has 0 aliphatic heterocycles. The first kappa shape index (κ1) is 14.5. The summed E-state index contributed by atoms with van der Waals surface area (Å²) in [6.45, 7) is 0. The quantitative estimate of drug-likeness (QED) is 0.453. The number of ether oxygens (including phenoxy) is 1. The lowest BCUT2D eigenvalue weighted by molar-refractivity contribution is 0.477. The molecule has 0 aliphatic carbocycles. The topological polar surface area (TPSA) is 9.23 Å². The van der Waals surface area contributed by atoms with Crippen LogP contribution in [0.5, 0.6) is 11.5 Å². The van der Waals surface area contributed by atoms with E-state index in [1.165, 1.54) is 12.1 Å². The van der Waals surface area contributed by atoms with Crippen molar-refractivity contribution in [3.05, 3.63) is 70.5 Å². The van der Waals surface area contributed by atoms with Crippen LogP contribution in [0.4, 0.5) is 4.39 Å². The molecule has 0 saturated heterocycles. The normalized spacial score (nSPS) is 10.8. The Morgan fingerprint density at radius 1 is 0.905 bits per heavy atom. The predicted octanol–water partition coefficient (Wildman–Crippen LogP) is 6.43. The first-order chi connectivity index (χ1) is 10.2. The van der Waals surface area contributed by atoms with E-state index >= 15 is 0 Å². The second kappa shape index (κ2) is 6.16. The highest BCUT2D eigenvalue weighted by atomic mass is 79.9. The van der Waals surface area contributed by atoms with Gasteiger partial charge in [0.1, 0.15) is 17.3 Å². The van der Waals surface area contributed by atoms with E-state index in [-0.39, 0.29) is 5.82 Å². The van der Waals surface area contributed by atoms with Crippen molar-refractivity contribution in [2.24, 2.45) is 0 Å². The number of benzene rings is 3. The molecule has 0 spiro atoms. The van der Waals surface area contributed by atoms with E-state index in [2.05, 4.69) is 37.9 Å². The van der Waals surface area contributed by atoms with Gasteiger partial charge in [0.05, 0.1) is 0 Å². The minimum absolute atomic E-state index is 0.264. The van der Waals surface area contributed by atoms with E-state index < -0.39 is 0 Å². The third-order valence-corrected chi connectivity index (χ3v) is 4.27. The molecule has 0 fully saturated rings. The predicted molar refractivity (Wildman–Crippen MR) is 90.8 cm³/mol. The summed E-state index contributed by atoms with van der Waals surface area (Å²) in [5.41, 5.74) is 0.783. The largest absolute Gasteiger partial charge is 0.457 e. The summed E-state index contributed by atoms with van der Waals surface area (Å²) in [4.78, 5) is 0. The van der Waals surface area contributed by atoms with Crippen molar-refractivity contribution < 1.29 is 9.13 Å². The maximum atomic E-state index is 13.2. The molecule has 0 radical (unpaired) electrons. The van der Waals surface area contributed by atoms with Gasteiger partial charge in [-0.15, -0.1) is 0 Å². The lowest BCUT2D eigenvalue weighted by Crippen LogP contribution is -1.91. The Labute approximate surface area is 139 Å². The number of alkyl halides is 1. The summed E-state index contributed by atoms with van der Waals surface area (Å²) in [6, 6.07) is 16.5. The molecule has 3 aromatic rings. The Hall–Kier alpha value is -1.39. The Morgan fingerprint density at radius 2 is 1.67 bits per heavy atom. The average molecular weight is 410 g/mol. The summed E-state index contributed by atoms with van der Waals surface area (Å²) in [6.07, 6.45) is 0. The molecule has 0 unspecified atom stereocenters. The highest BCUT2D eigenvalue weighted by Gasteiger charge is 2.06. The van der Waals surface area contributed by atoms with E-state index in [1.54, 1.807) is 6.07 Å². The number of hydrogen-bond donors (Lipinski definition) is 0. The van der Waals surface area contributed by atoms with Crippen LogP contribution in [0.15, 0.2) is 59.1 Å². The summed E-state index contributed by atoms with van der Waals surface area (Å²) < 4.78 is 20.2. The minimum Gasteiger partial charge on any atom is -0.457 e. The van der Waals surface area contributed by atoms with E-state index in [1.807, 2.05) is 30.3 Å². The fourth-order valence-electron chi connectivity index (χ4n) is 2.14. The zero-order chi connectivity index (χ0) is 14.8. The van der Waals surface area contributed by atoms with Crippen LogP contribution in [-0.2, 0) is 5.33 Å². The molecule has 3 aromatic carbocycles. The van der Waals surface area contributed by atoms with Crippen LogP contribution >= 0.6 is 31.9 Å². The van der Waals surface area contributed by atoms with E-state index in [9.17, 15) is 4.39 Å². The Morgan fingerprint density at radius 3 is 2.48 bits per heavy atom. The lowest BCUT2D eigenvalue weighted by atomic mass is 10.1. The van der Waals surface area contributed by atoms with E-state index in [4.69, 9.17) is 4.74 Å². The smallest absolute Gasteiger partial charge is 0.131 e. The summed E-state index contributed by atoms with van der Waals surface area (Å²) in [5.74, 6) is 1.13. The van der Waals surface area contributed by atoms with Gasteiger partial charge in [0.15, 0.2) is 0 Å². The van der Waals surface area contributed by atoms with Gasteiger partial charge in [-0.3, -0.25) is 0 Å². The van der Waals surface area contributed by atoms with Crippen molar-refractivity contribution in [1.82, 2.24) is 0 Å². The maximum absolute atomic E-state index is 13.2. The molecule has 0 heterocycles. The van der Waals surface area contributed by atoms with Gasteiger partial charge in [0.25, 0.3) is 0 Å². The second-order valence-electron chi connectivity index (χ2n) is 4.64. The summed E-state index contributed by atoms with van der Waals surface area (Å²) in [5, 5.41) is 2.77. The van der Waals surface area contributed by atoms with Crippen molar-refractivity contribution >= 4 is 42.6 Å². The van der Waals surface area contributed by atoms with E-state index in [0.29, 0.717) is 11.1 Å². The molecular weight excluding hydrogens is 399 g/mol. The molecule has 21 heavy (non-hydrogen) atoms. The monoisotopic (exact) mass is 408 g/mol. The third kappa shape index (κ3) is 3.27. The van der Waals surface area contributed by atoms with Crippen LogP contribution in [0, 0.1) is 5.82 Å². The van der Waals surface area contributed by atoms with Crippen LogP contribution in [0.1, 0.15) is 5.56 Å². The number of rotatable bonds is 3. The average Bonchev–Trinajstić information content (AvgIpc) is 2.49. The fraction of sp³-hybridized carbons (Fsp3) is 0.0588. The van der Waals surface area contributed by atoms with Crippen molar-refractivity contribution in [2.45, 2.75) is 5.33 Å². The molecule has 0 amide bonds. The summed E-state index contributed by atoms with van der Waals surface area (Å²) >= 11 is 6.81. The van der Waals surface area contributed by atoms with Crippen LogP contribution in [0.25, 0.3) is 10.8 Å². The third-order valence-electron chi connectivity index (χ3n) is 3.17. The highest BCUT2D eigenvalue weighted by Crippen LogP contribution is 2.30. The number of fused-ring (bicyclic) bond motifs is 1. The van der Waals surface area contributed by atoms with Gasteiger partial charge in [0.2, 0.25) is 0 Å². The van der Waals surface area contributed by atoms with Crippen LogP contribution < -0.4 is 4.74 Å². The van der Waals surface area contributed by atoms with Crippen molar-refractivity contribution in [3.8, 4) is 11.5 Å². The fourth-order valence-corrected chi connectivity index (χ4v) is 2.95. The molecule has 0 saturated carbocycles. The molecule has 3 rings (SSSR count). The van der Waals surface area contributed by atoms with Gasteiger partial charge < -0.3 is 4.74 Å². The van der Waals surface area contributed by atoms with Gasteiger partial charge in [-0.25, -0.2) is 4.39 Å². The van der Waals surface area contributed by atoms with Crippen LogP contribution in [-0.4, -0.2) is 0 Å². The molecule has 0 bridgehead atoms. The number of halogens is 3.